The lowest BCUT2D eigenvalue weighted by Gasteiger charge is -2.34. The molecule has 3 N–H and O–H groups in total. The minimum Gasteiger partial charge on any atom is -0.477 e. The van der Waals surface area contributed by atoms with Gasteiger partial charge in [0.15, 0.2) is 6.54 Å². The first-order valence-corrected chi connectivity index (χ1v) is 7.74. The second kappa shape index (κ2) is 8.74. The van der Waals surface area contributed by atoms with Crippen molar-refractivity contribution in [2.24, 2.45) is 10.7 Å². The fourth-order valence-electron chi connectivity index (χ4n) is 2.65. The normalized spacial score (nSPS) is 22.7. The van der Waals surface area contributed by atoms with E-state index in [1.165, 1.54) is 12.8 Å². The molecule has 5 nitrogen and oxygen atoms in total. The maximum absolute atomic E-state index is 11.1. The summed E-state index contributed by atoms with van der Waals surface area (Å²) < 4.78 is 0.161. The number of hydrogen-bond acceptors (Lipinski definition) is 3. The van der Waals surface area contributed by atoms with Crippen LogP contribution in [0.3, 0.4) is 0 Å². The van der Waals surface area contributed by atoms with Gasteiger partial charge in [-0.1, -0.05) is 25.0 Å². The van der Waals surface area contributed by atoms with Gasteiger partial charge in [-0.3, -0.25) is 5.73 Å². The van der Waals surface area contributed by atoms with Crippen molar-refractivity contribution in [2.45, 2.75) is 58.5 Å². The Kier molecular flexibility index (Phi) is 7.32. The summed E-state index contributed by atoms with van der Waals surface area (Å²) in [6, 6.07) is 0. The highest BCUT2D eigenvalue weighted by Gasteiger charge is 2.40. The number of rotatable bonds is 10. The number of amidine groups is 1. The summed E-state index contributed by atoms with van der Waals surface area (Å²) in [4.78, 5) is 15.5. The van der Waals surface area contributed by atoms with Crippen molar-refractivity contribution < 1.29 is 14.4 Å². The highest BCUT2D eigenvalue weighted by molar-refractivity contribution is 5.81. The van der Waals surface area contributed by atoms with Crippen LogP contribution in [0.2, 0.25) is 0 Å². The summed E-state index contributed by atoms with van der Waals surface area (Å²) in [6.45, 7) is 3.85. The van der Waals surface area contributed by atoms with Gasteiger partial charge < -0.3 is 5.11 Å². The molecule has 1 aliphatic heterocycles. The SMILES string of the molecule is C/C=C/CCCCCCC1=NC=C[N+]1(CC(=O)O)C(C)N. The summed E-state index contributed by atoms with van der Waals surface area (Å²) in [6.07, 6.45) is 14.0. The Morgan fingerprint density at radius 2 is 2.14 bits per heavy atom. The lowest BCUT2D eigenvalue weighted by molar-refractivity contribution is -0.805. The first-order valence-electron chi connectivity index (χ1n) is 7.74. The Morgan fingerprint density at radius 1 is 1.43 bits per heavy atom. The van der Waals surface area contributed by atoms with E-state index in [-0.39, 0.29) is 17.2 Å². The first-order chi connectivity index (χ1) is 10.0. The zero-order chi connectivity index (χ0) is 15.7. The molecule has 1 rings (SSSR count). The Morgan fingerprint density at radius 3 is 2.76 bits per heavy atom. The van der Waals surface area contributed by atoms with E-state index in [0.717, 1.165) is 31.5 Å². The average molecular weight is 294 g/mol. The standard InChI is InChI=1S/C16H27N3O2/c1-3-4-5-6-7-8-9-10-15-18-11-12-19(15,14(2)17)13-16(20)21/h3-4,11-12,14H,5-10,13,17H2,1-2H3/p+1/b4-3+. The maximum atomic E-state index is 11.1. The van der Waals surface area contributed by atoms with Gasteiger partial charge in [-0.15, -0.1) is 0 Å². The molecule has 0 saturated carbocycles. The van der Waals surface area contributed by atoms with Crippen LogP contribution < -0.4 is 5.73 Å². The first kappa shape index (κ1) is 17.6. The molecular formula is C16H28N3O2+. The molecule has 0 aromatic carbocycles. The van der Waals surface area contributed by atoms with Crippen molar-refractivity contribution in [3.05, 3.63) is 24.6 Å². The van der Waals surface area contributed by atoms with Crippen LogP contribution in [-0.4, -0.2) is 34.1 Å². The van der Waals surface area contributed by atoms with Crippen molar-refractivity contribution in [2.75, 3.05) is 6.54 Å². The van der Waals surface area contributed by atoms with E-state index in [0.29, 0.717) is 0 Å². The van der Waals surface area contributed by atoms with Gasteiger partial charge in [0.1, 0.15) is 12.4 Å². The monoisotopic (exact) mass is 294 g/mol. The van der Waals surface area contributed by atoms with Gasteiger partial charge in [-0.05, 0) is 26.2 Å². The molecule has 0 saturated heterocycles. The molecule has 118 valence electrons. The second-order valence-electron chi connectivity index (χ2n) is 5.59. The Hall–Kier alpha value is -1.46. The Labute approximate surface area is 127 Å². The Bertz CT molecular complexity index is 427. The maximum Gasteiger partial charge on any atom is 0.360 e. The van der Waals surface area contributed by atoms with E-state index in [9.17, 15) is 4.79 Å². The quantitative estimate of drug-likeness (QED) is 0.369. The second-order valence-corrected chi connectivity index (χ2v) is 5.59. The smallest absolute Gasteiger partial charge is 0.360 e. The third-order valence-corrected chi connectivity index (χ3v) is 3.92. The zero-order valence-corrected chi connectivity index (χ0v) is 13.2. The van der Waals surface area contributed by atoms with Gasteiger partial charge in [-0.2, -0.15) is 0 Å². The van der Waals surface area contributed by atoms with Crippen molar-refractivity contribution in [3.8, 4) is 0 Å². The molecule has 2 unspecified atom stereocenters. The van der Waals surface area contributed by atoms with E-state index in [2.05, 4.69) is 17.1 Å². The topological polar surface area (TPSA) is 75.7 Å². The number of aliphatic carboxylic acids is 1. The molecular weight excluding hydrogens is 266 g/mol. The number of aliphatic imine (C=N–C) groups is 1. The summed E-state index contributed by atoms with van der Waals surface area (Å²) in [5.74, 6) is 0.0266. The van der Waals surface area contributed by atoms with Gasteiger partial charge in [0.05, 0.1) is 6.20 Å². The number of allylic oxidation sites excluding steroid dienone is 2. The van der Waals surface area contributed by atoms with Gasteiger partial charge >= 0.3 is 5.97 Å². The van der Waals surface area contributed by atoms with E-state index in [1.807, 2.05) is 13.8 Å². The van der Waals surface area contributed by atoms with Gasteiger partial charge in [0.25, 0.3) is 0 Å². The number of hydrogen-bond donors (Lipinski definition) is 2. The van der Waals surface area contributed by atoms with Crippen LogP contribution in [0.15, 0.2) is 29.5 Å². The van der Waals surface area contributed by atoms with E-state index < -0.39 is 5.97 Å². The molecule has 0 amide bonds. The summed E-state index contributed by atoms with van der Waals surface area (Å²) in [5, 5.41) is 9.13. The van der Waals surface area contributed by atoms with Crippen LogP contribution in [0.4, 0.5) is 0 Å². The average Bonchev–Trinajstić information content (AvgIpc) is 2.81. The molecule has 21 heavy (non-hydrogen) atoms. The molecule has 0 spiro atoms. The predicted molar refractivity (Wildman–Crippen MR) is 85.5 cm³/mol. The van der Waals surface area contributed by atoms with Gasteiger partial charge in [0.2, 0.25) is 5.84 Å². The van der Waals surface area contributed by atoms with Crippen molar-refractivity contribution in [1.82, 2.24) is 0 Å². The summed E-state index contributed by atoms with van der Waals surface area (Å²) in [5.41, 5.74) is 6.03. The minimum atomic E-state index is -0.849. The summed E-state index contributed by atoms with van der Waals surface area (Å²) in [7, 11) is 0. The molecule has 1 heterocycles. The van der Waals surface area contributed by atoms with Crippen LogP contribution in [0.5, 0.6) is 0 Å². The number of carboxylic acid groups (broad SMARTS) is 1. The molecule has 5 heteroatoms. The lowest BCUT2D eigenvalue weighted by Crippen LogP contribution is -2.59. The highest BCUT2D eigenvalue weighted by atomic mass is 16.4. The molecule has 1 aliphatic rings. The van der Waals surface area contributed by atoms with E-state index in [1.54, 1.807) is 12.4 Å². The number of nitrogens with zero attached hydrogens (tertiary/aromatic N) is 2. The van der Waals surface area contributed by atoms with Crippen LogP contribution in [0.1, 0.15) is 52.4 Å². The van der Waals surface area contributed by atoms with Gasteiger partial charge in [-0.25, -0.2) is 14.3 Å². The molecule has 0 aromatic heterocycles. The van der Waals surface area contributed by atoms with E-state index >= 15 is 0 Å². The molecule has 0 fully saturated rings. The highest BCUT2D eigenvalue weighted by Crippen LogP contribution is 2.23. The fraction of sp³-hybridized carbons (Fsp3) is 0.625. The number of unbranched alkanes of at least 4 members (excludes halogenated alkanes) is 4. The third-order valence-electron chi connectivity index (χ3n) is 3.92. The van der Waals surface area contributed by atoms with Crippen LogP contribution in [0.25, 0.3) is 0 Å². The lowest BCUT2D eigenvalue weighted by atomic mass is 10.1. The number of nitrogens with two attached hydrogens (primary N) is 1. The number of carboxylic acids is 1. The van der Waals surface area contributed by atoms with Crippen molar-refractivity contribution in [1.29, 1.82) is 0 Å². The van der Waals surface area contributed by atoms with Crippen LogP contribution in [-0.2, 0) is 4.79 Å². The number of quaternary nitrogens is 1. The number of carbonyl (C=O) groups is 1. The molecule has 0 aromatic rings. The molecule has 0 radical (unpaired) electrons. The Balaban J connectivity index is 2.44. The molecule has 0 bridgehead atoms. The van der Waals surface area contributed by atoms with Crippen LogP contribution in [0, 0.1) is 0 Å². The fourth-order valence-corrected chi connectivity index (χ4v) is 2.65. The zero-order valence-electron chi connectivity index (χ0n) is 13.2. The molecule has 2 atom stereocenters. The van der Waals surface area contributed by atoms with Gasteiger partial charge in [0, 0.05) is 13.3 Å². The van der Waals surface area contributed by atoms with Crippen molar-refractivity contribution in [3.63, 3.8) is 0 Å². The predicted octanol–water partition coefficient (Wildman–Crippen LogP) is 2.99. The van der Waals surface area contributed by atoms with Crippen LogP contribution >= 0.6 is 0 Å². The summed E-state index contributed by atoms with van der Waals surface area (Å²) >= 11 is 0. The molecule has 0 aliphatic carbocycles. The van der Waals surface area contributed by atoms with E-state index in [4.69, 9.17) is 10.8 Å². The third kappa shape index (κ3) is 5.10. The van der Waals surface area contributed by atoms with Crippen molar-refractivity contribution >= 4 is 11.8 Å². The largest absolute Gasteiger partial charge is 0.477 e. The minimum absolute atomic E-state index is 0.0334.